The van der Waals surface area contributed by atoms with Crippen LogP contribution >= 0.6 is 0 Å². The quantitative estimate of drug-likeness (QED) is 0.155. The van der Waals surface area contributed by atoms with E-state index in [0.29, 0.717) is 17.5 Å². The van der Waals surface area contributed by atoms with Gasteiger partial charge in [0, 0.05) is 18.0 Å². The van der Waals surface area contributed by atoms with E-state index in [1.54, 1.807) is 38.1 Å². The number of aliphatic carboxylic acids is 1. The van der Waals surface area contributed by atoms with Crippen LogP contribution in [0.15, 0.2) is 35.5 Å². The molecule has 1 heterocycles. The van der Waals surface area contributed by atoms with Crippen molar-refractivity contribution < 1.29 is 24.3 Å². The molecule has 0 aliphatic carbocycles. The number of carbonyl (C=O) groups is 4. The van der Waals surface area contributed by atoms with Gasteiger partial charge >= 0.3 is 5.97 Å². The molecule has 7 N–H and O–H groups in total. The number of Topliss-reactive ketones (excluding diaryl/α,β-unsaturated/α-hetero) is 1. The molecule has 0 unspecified atom stereocenters. The molecule has 1 amide bonds. The number of carboxylic acids is 1. The highest BCUT2D eigenvalue weighted by molar-refractivity contribution is 5.86. The Labute approximate surface area is 202 Å². The molecular formula is C23H29N7O5. The van der Waals surface area contributed by atoms with E-state index in [9.17, 15) is 24.3 Å². The van der Waals surface area contributed by atoms with Gasteiger partial charge in [-0.25, -0.2) is 14.8 Å². The van der Waals surface area contributed by atoms with E-state index >= 15 is 0 Å². The Balaban J connectivity index is 1.91. The van der Waals surface area contributed by atoms with E-state index in [0.717, 1.165) is 5.69 Å². The lowest BCUT2D eigenvalue weighted by Gasteiger charge is -2.15. The summed E-state index contributed by atoms with van der Waals surface area (Å²) in [4.78, 5) is 58.6. The van der Waals surface area contributed by atoms with Gasteiger partial charge in [0.25, 0.3) is 0 Å². The predicted octanol–water partition coefficient (Wildman–Crippen LogP) is 0.923. The molecule has 12 nitrogen and oxygen atoms in total. The van der Waals surface area contributed by atoms with Crippen molar-refractivity contribution in [3.63, 3.8) is 0 Å². The van der Waals surface area contributed by atoms with Gasteiger partial charge in [0.1, 0.15) is 17.5 Å². The molecule has 2 aromatic rings. The van der Waals surface area contributed by atoms with E-state index in [1.165, 1.54) is 6.20 Å². The summed E-state index contributed by atoms with van der Waals surface area (Å²) in [5, 5.41) is 14.9. The number of ketones is 1. The van der Waals surface area contributed by atoms with Gasteiger partial charge in [-0.1, -0.05) is 26.0 Å². The lowest BCUT2D eigenvalue weighted by Crippen LogP contribution is -2.41. The van der Waals surface area contributed by atoms with Crippen LogP contribution in [0.25, 0.3) is 0 Å². The van der Waals surface area contributed by atoms with Crippen LogP contribution in [-0.2, 0) is 27.3 Å². The third-order valence-corrected chi connectivity index (χ3v) is 4.92. The summed E-state index contributed by atoms with van der Waals surface area (Å²) in [5.74, 6) is -2.07. The molecular weight excluding hydrogens is 454 g/mol. The van der Waals surface area contributed by atoms with E-state index in [2.05, 4.69) is 25.6 Å². The molecule has 12 heteroatoms. The van der Waals surface area contributed by atoms with E-state index < -0.39 is 17.9 Å². The number of hydrogen-bond donors (Lipinski definition) is 5. The minimum atomic E-state index is -1.18. The Hall–Kier alpha value is -4.35. The van der Waals surface area contributed by atoms with Crippen LogP contribution in [-0.4, -0.2) is 51.0 Å². The maximum Gasteiger partial charge on any atom is 0.326 e. The van der Waals surface area contributed by atoms with Gasteiger partial charge in [-0.2, -0.15) is 4.99 Å². The summed E-state index contributed by atoms with van der Waals surface area (Å²) >= 11 is 0. The molecule has 0 fully saturated rings. The average molecular weight is 484 g/mol. The topological polar surface area (TPSA) is 203 Å². The monoisotopic (exact) mass is 483 g/mol. The maximum atomic E-state index is 12.3. The van der Waals surface area contributed by atoms with E-state index in [1.807, 2.05) is 0 Å². The number of carbonyl (C=O) groups excluding carboxylic acids is 3. The van der Waals surface area contributed by atoms with Gasteiger partial charge in [-0.15, -0.1) is 0 Å². The second-order valence-corrected chi connectivity index (χ2v) is 8.07. The predicted molar refractivity (Wildman–Crippen MR) is 129 cm³/mol. The number of hydrogen-bond acceptors (Lipinski definition) is 8. The van der Waals surface area contributed by atoms with Crippen molar-refractivity contribution in [3.05, 3.63) is 47.4 Å². The molecule has 1 aromatic heterocycles. The molecule has 35 heavy (non-hydrogen) atoms. The number of aliphatic imine (C=N–C) groups is 1. The third kappa shape index (κ3) is 8.84. The van der Waals surface area contributed by atoms with Gasteiger partial charge < -0.3 is 27.2 Å². The van der Waals surface area contributed by atoms with Crippen molar-refractivity contribution in [2.75, 3.05) is 5.32 Å². The second-order valence-electron chi connectivity index (χ2n) is 8.07. The summed E-state index contributed by atoms with van der Waals surface area (Å²) in [5.41, 5.74) is 12.5. The first kappa shape index (κ1) is 26.9. The Morgan fingerprint density at radius 1 is 1.17 bits per heavy atom. The summed E-state index contributed by atoms with van der Waals surface area (Å²) < 4.78 is 0. The molecule has 186 valence electrons. The zero-order valence-electron chi connectivity index (χ0n) is 19.5. The molecule has 0 bridgehead atoms. The number of guanidine groups is 1. The summed E-state index contributed by atoms with van der Waals surface area (Å²) in [6, 6.07) is 5.83. The SMILES string of the molecule is CC(C)C(=O)CC[C@H](NC(=O)Cc1ccc(NCc2cnc(N=C(N)N)c(C=O)n2)cc1)C(=O)O. The van der Waals surface area contributed by atoms with Gasteiger partial charge in [0.15, 0.2) is 18.1 Å². The van der Waals surface area contributed by atoms with Gasteiger partial charge in [-0.05, 0) is 24.1 Å². The number of aromatic nitrogens is 2. The first-order valence-electron chi connectivity index (χ1n) is 10.9. The van der Waals surface area contributed by atoms with Crippen molar-refractivity contribution in [1.82, 2.24) is 15.3 Å². The molecule has 0 saturated heterocycles. The summed E-state index contributed by atoms with van der Waals surface area (Å²) in [6.07, 6.45) is 2.07. The van der Waals surface area contributed by atoms with Crippen LogP contribution < -0.4 is 22.1 Å². The summed E-state index contributed by atoms with van der Waals surface area (Å²) in [6.45, 7) is 3.76. The van der Waals surface area contributed by atoms with Crippen LogP contribution in [0.4, 0.5) is 11.5 Å². The fourth-order valence-electron chi connectivity index (χ4n) is 3.00. The van der Waals surface area contributed by atoms with Crippen molar-refractivity contribution in [2.24, 2.45) is 22.4 Å². The smallest absolute Gasteiger partial charge is 0.326 e. The number of rotatable bonds is 13. The molecule has 0 radical (unpaired) electrons. The Bertz CT molecular complexity index is 1100. The molecule has 0 aliphatic heterocycles. The fraction of sp³-hybridized carbons (Fsp3) is 0.348. The first-order valence-corrected chi connectivity index (χ1v) is 10.9. The second kappa shape index (κ2) is 12.8. The molecule has 0 saturated carbocycles. The number of anilines is 1. The standard InChI is InChI=1S/C23H29N7O5/c1-13(2)19(32)8-7-17(22(34)35)29-20(33)9-14-3-5-15(6-4-14)26-10-16-11-27-21(30-23(24)25)18(12-31)28-16/h3-6,11-13,17,26H,7-10H2,1-2H3,(H,29,33)(H,34,35)(H4,24,25,27,30)/t17-/m0/s1. The molecule has 0 aliphatic rings. The third-order valence-electron chi connectivity index (χ3n) is 4.92. The number of nitrogens with one attached hydrogen (secondary N) is 2. The average Bonchev–Trinajstić information content (AvgIpc) is 2.81. The highest BCUT2D eigenvalue weighted by Gasteiger charge is 2.21. The van der Waals surface area contributed by atoms with Gasteiger partial charge in [0.2, 0.25) is 5.91 Å². The van der Waals surface area contributed by atoms with Crippen LogP contribution in [0.1, 0.15) is 48.4 Å². The van der Waals surface area contributed by atoms with Gasteiger partial charge in [0.05, 0.1) is 24.9 Å². The van der Waals surface area contributed by atoms with Crippen molar-refractivity contribution in [1.29, 1.82) is 0 Å². The summed E-state index contributed by atoms with van der Waals surface area (Å²) in [7, 11) is 0. The number of nitrogens with zero attached hydrogens (tertiary/aromatic N) is 3. The Kier molecular flexibility index (Phi) is 9.82. The van der Waals surface area contributed by atoms with Crippen LogP contribution in [0.2, 0.25) is 0 Å². The Morgan fingerprint density at radius 3 is 2.43 bits per heavy atom. The minimum absolute atomic E-state index is 0.00676. The molecule has 2 rings (SSSR count). The Morgan fingerprint density at radius 2 is 1.86 bits per heavy atom. The lowest BCUT2D eigenvalue weighted by molar-refractivity contribution is -0.142. The minimum Gasteiger partial charge on any atom is -0.480 e. The highest BCUT2D eigenvalue weighted by atomic mass is 16.4. The van der Waals surface area contributed by atoms with Crippen LogP contribution in [0.3, 0.4) is 0 Å². The molecule has 0 spiro atoms. The van der Waals surface area contributed by atoms with E-state index in [-0.39, 0.29) is 55.0 Å². The van der Waals surface area contributed by atoms with Gasteiger partial charge in [-0.3, -0.25) is 14.4 Å². The highest BCUT2D eigenvalue weighted by Crippen LogP contribution is 2.14. The van der Waals surface area contributed by atoms with Crippen LogP contribution in [0, 0.1) is 5.92 Å². The van der Waals surface area contributed by atoms with Crippen LogP contribution in [0.5, 0.6) is 0 Å². The number of amides is 1. The fourth-order valence-corrected chi connectivity index (χ4v) is 3.00. The largest absolute Gasteiger partial charge is 0.480 e. The molecule has 1 aromatic carbocycles. The number of aldehydes is 1. The zero-order chi connectivity index (χ0) is 26.0. The normalized spacial score (nSPS) is 11.4. The van der Waals surface area contributed by atoms with E-state index in [4.69, 9.17) is 11.5 Å². The van der Waals surface area contributed by atoms with Crippen molar-refractivity contribution in [2.45, 2.75) is 45.7 Å². The maximum absolute atomic E-state index is 12.3. The zero-order valence-corrected chi connectivity index (χ0v) is 19.5. The lowest BCUT2D eigenvalue weighted by atomic mass is 10.0. The number of nitrogens with two attached hydrogens (primary N) is 2. The number of benzene rings is 1. The molecule has 1 atom stereocenters. The number of carboxylic acid groups (broad SMARTS) is 1. The van der Waals surface area contributed by atoms with Crippen molar-refractivity contribution >= 4 is 41.4 Å². The first-order chi connectivity index (χ1) is 16.6. The van der Waals surface area contributed by atoms with Crippen molar-refractivity contribution in [3.8, 4) is 0 Å².